The molecule has 9 heteroatoms. The molecule has 0 aliphatic carbocycles. The van der Waals surface area contributed by atoms with Gasteiger partial charge in [0, 0.05) is 10.0 Å². The third-order valence-electron chi connectivity index (χ3n) is 2.48. The van der Waals surface area contributed by atoms with Crippen LogP contribution in [0.1, 0.15) is 11.3 Å². The second-order valence-electron chi connectivity index (χ2n) is 3.97. The molecule has 2 N–H and O–H groups in total. The number of H-pyrrole nitrogens is 1. The standard InChI is InChI=1S/C12H11Br2N5O2/c1-6-11(20)16-12(19-17-6)18-15-5-7-3-8(13)4-9(14)10(7)21-2/h3-5H,1-2H3,(H2,16,18,19,20). The Morgan fingerprint density at radius 3 is 2.81 bits per heavy atom. The molecule has 0 amide bonds. The predicted molar refractivity (Wildman–Crippen MR) is 87.0 cm³/mol. The van der Waals surface area contributed by atoms with Crippen molar-refractivity contribution >= 4 is 44.0 Å². The number of nitrogens with one attached hydrogen (secondary N) is 2. The molecule has 21 heavy (non-hydrogen) atoms. The molecule has 7 nitrogen and oxygen atoms in total. The lowest BCUT2D eigenvalue weighted by atomic mass is 10.2. The number of anilines is 1. The highest BCUT2D eigenvalue weighted by atomic mass is 79.9. The van der Waals surface area contributed by atoms with Crippen LogP contribution < -0.4 is 15.7 Å². The lowest BCUT2D eigenvalue weighted by Crippen LogP contribution is -2.15. The van der Waals surface area contributed by atoms with Gasteiger partial charge in [0.25, 0.3) is 5.56 Å². The van der Waals surface area contributed by atoms with Gasteiger partial charge in [0.05, 0.1) is 17.8 Å². The number of nitrogens with zero attached hydrogens (tertiary/aromatic N) is 3. The summed E-state index contributed by atoms with van der Waals surface area (Å²) in [6.07, 6.45) is 1.55. The van der Waals surface area contributed by atoms with Gasteiger partial charge >= 0.3 is 0 Å². The maximum absolute atomic E-state index is 11.4. The van der Waals surface area contributed by atoms with Gasteiger partial charge in [-0.05, 0) is 35.0 Å². The molecule has 0 saturated heterocycles. The minimum absolute atomic E-state index is 0.162. The van der Waals surface area contributed by atoms with Crippen LogP contribution in [0.15, 0.2) is 31.0 Å². The van der Waals surface area contributed by atoms with E-state index in [0.29, 0.717) is 11.4 Å². The number of halogens is 2. The van der Waals surface area contributed by atoms with Crippen LogP contribution in [-0.2, 0) is 0 Å². The van der Waals surface area contributed by atoms with Crippen molar-refractivity contribution in [3.05, 3.63) is 42.7 Å². The van der Waals surface area contributed by atoms with Gasteiger partial charge in [-0.25, -0.2) is 5.43 Å². The Bertz CT molecular complexity index is 745. The molecule has 110 valence electrons. The van der Waals surface area contributed by atoms with Gasteiger partial charge in [-0.15, -0.1) is 10.2 Å². The number of hydrogen-bond acceptors (Lipinski definition) is 6. The Balaban J connectivity index is 2.21. The quantitative estimate of drug-likeness (QED) is 0.589. The van der Waals surface area contributed by atoms with E-state index in [4.69, 9.17) is 4.74 Å². The third-order valence-corrected chi connectivity index (χ3v) is 3.52. The van der Waals surface area contributed by atoms with Crippen LogP contribution in [0.3, 0.4) is 0 Å². The van der Waals surface area contributed by atoms with Gasteiger partial charge in [-0.2, -0.15) is 5.10 Å². The fourth-order valence-electron chi connectivity index (χ4n) is 1.50. The summed E-state index contributed by atoms with van der Waals surface area (Å²) >= 11 is 6.80. The van der Waals surface area contributed by atoms with Gasteiger partial charge in [0.15, 0.2) is 0 Å². The van der Waals surface area contributed by atoms with Gasteiger partial charge in [0.1, 0.15) is 11.4 Å². The van der Waals surface area contributed by atoms with E-state index in [0.717, 1.165) is 14.5 Å². The van der Waals surface area contributed by atoms with Crippen molar-refractivity contribution in [3.8, 4) is 5.75 Å². The van der Waals surface area contributed by atoms with Crippen LogP contribution >= 0.6 is 31.9 Å². The van der Waals surface area contributed by atoms with Crippen molar-refractivity contribution in [3.63, 3.8) is 0 Å². The molecule has 0 atom stereocenters. The first-order valence-electron chi connectivity index (χ1n) is 5.77. The van der Waals surface area contributed by atoms with E-state index in [2.05, 4.69) is 57.6 Å². The van der Waals surface area contributed by atoms with Gasteiger partial charge in [-0.3, -0.25) is 9.78 Å². The first kappa shape index (κ1) is 15.6. The number of ether oxygens (including phenoxy) is 1. The smallest absolute Gasteiger partial charge is 0.274 e. The molecule has 0 aliphatic rings. The van der Waals surface area contributed by atoms with Crippen LogP contribution in [0.5, 0.6) is 5.75 Å². The lowest BCUT2D eigenvalue weighted by Gasteiger charge is -2.07. The van der Waals surface area contributed by atoms with E-state index in [9.17, 15) is 4.79 Å². The number of benzene rings is 1. The topological polar surface area (TPSA) is 92.3 Å². The molecule has 0 unspecified atom stereocenters. The Morgan fingerprint density at radius 2 is 2.14 bits per heavy atom. The molecule has 2 aromatic rings. The first-order valence-corrected chi connectivity index (χ1v) is 7.35. The van der Waals surface area contributed by atoms with E-state index in [1.165, 1.54) is 0 Å². The molecule has 0 aliphatic heterocycles. The molecule has 0 bridgehead atoms. The SMILES string of the molecule is COc1c(Br)cc(Br)cc1C=NNc1nnc(C)c(=O)[nH]1. The van der Waals surface area contributed by atoms with Crippen molar-refractivity contribution in [2.45, 2.75) is 6.92 Å². The summed E-state index contributed by atoms with van der Waals surface area (Å²) in [6.45, 7) is 1.57. The third kappa shape index (κ3) is 3.88. The molecule has 1 aromatic heterocycles. The van der Waals surface area contributed by atoms with Crippen molar-refractivity contribution in [1.82, 2.24) is 15.2 Å². The molecule has 0 spiro atoms. The zero-order chi connectivity index (χ0) is 15.4. The molecular weight excluding hydrogens is 406 g/mol. The summed E-state index contributed by atoms with van der Waals surface area (Å²) in [5.74, 6) is 0.808. The summed E-state index contributed by atoms with van der Waals surface area (Å²) in [6, 6.07) is 3.71. The molecule has 0 fully saturated rings. The highest BCUT2D eigenvalue weighted by Gasteiger charge is 2.07. The van der Waals surface area contributed by atoms with Gasteiger partial charge < -0.3 is 4.74 Å². The second-order valence-corrected chi connectivity index (χ2v) is 5.74. The summed E-state index contributed by atoms with van der Waals surface area (Å²) < 4.78 is 6.97. The zero-order valence-electron chi connectivity index (χ0n) is 11.1. The highest BCUT2D eigenvalue weighted by molar-refractivity contribution is 9.11. The van der Waals surface area contributed by atoms with Gasteiger partial charge in [-0.1, -0.05) is 15.9 Å². The fourth-order valence-corrected chi connectivity index (χ4v) is 2.92. The molecule has 2 rings (SSSR count). The minimum Gasteiger partial charge on any atom is -0.495 e. The Kier molecular flexibility index (Phi) is 5.07. The fraction of sp³-hybridized carbons (Fsp3) is 0.167. The van der Waals surface area contributed by atoms with Crippen molar-refractivity contribution < 1.29 is 4.74 Å². The summed E-state index contributed by atoms with van der Waals surface area (Å²) in [5.41, 5.74) is 3.33. The van der Waals surface area contributed by atoms with E-state index in [1.807, 2.05) is 12.1 Å². The molecule has 0 saturated carbocycles. The Labute approximate surface area is 137 Å². The number of hydrogen-bond donors (Lipinski definition) is 2. The largest absolute Gasteiger partial charge is 0.495 e. The minimum atomic E-state index is -0.314. The summed E-state index contributed by atoms with van der Waals surface area (Å²) in [7, 11) is 1.57. The summed E-state index contributed by atoms with van der Waals surface area (Å²) in [4.78, 5) is 13.9. The van der Waals surface area contributed by atoms with Crippen molar-refractivity contribution in [2.24, 2.45) is 5.10 Å². The van der Waals surface area contributed by atoms with Crippen LogP contribution in [0.4, 0.5) is 5.95 Å². The van der Waals surface area contributed by atoms with E-state index >= 15 is 0 Å². The number of methoxy groups -OCH3 is 1. The number of rotatable bonds is 4. The van der Waals surface area contributed by atoms with E-state index in [1.54, 1.807) is 20.2 Å². The van der Waals surface area contributed by atoms with Crippen molar-refractivity contribution in [1.29, 1.82) is 0 Å². The van der Waals surface area contributed by atoms with Crippen LogP contribution in [0, 0.1) is 6.92 Å². The number of aromatic nitrogens is 3. The van der Waals surface area contributed by atoms with Gasteiger partial charge in [0.2, 0.25) is 5.95 Å². The summed E-state index contributed by atoms with van der Waals surface area (Å²) in [5, 5.41) is 11.5. The lowest BCUT2D eigenvalue weighted by molar-refractivity contribution is 0.411. The van der Waals surface area contributed by atoms with E-state index < -0.39 is 0 Å². The van der Waals surface area contributed by atoms with E-state index in [-0.39, 0.29) is 11.5 Å². The maximum Gasteiger partial charge on any atom is 0.274 e. The highest BCUT2D eigenvalue weighted by Crippen LogP contribution is 2.31. The zero-order valence-corrected chi connectivity index (χ0v) is 14.3. The molecule has 0 radical (unpaired) electrons. The monoisotopic (exact) mass is 415 g/mol. The molecular formula is C12H11Br2N5O2. The Hall–Kier alpha value is -1.74. The van der Waals surface area contributed by atoms with Crippen LogP contribution in [-0.4, -0.2) is 28.5 Å². The Morgan fingerprint density at radius 1 is 1.38 bits per heavy atom. The number of hydrazone groups is 1. The molecule has 1 aromatic carbocycles. The first-order chi connectivity index (χ1) is 10.0. The average molecular weight is 417 g/mol. The normalized spacial score (nSPS) is 10.9. The average Bonchev–Trinajstić information content (AvgIpc) is 2.42. The van der Waals surface area contributed by atoms with Crippen molar-refractivity contribution in [2.75, 3.05) is 12.5 Å². The maximum atomic E-state index is 11.4. The predicted octanol–water partition coefficient (Wildman–Crippen LogP) is 2.45. The van der Waals surface area contributed by atoms with Crippen LogP contribution in [0.2, 0.25) is 0 Å². The van der Waals surface area contributed by atoms with Crippen LogP contribution in [0.25, 0.3) is 0 Å². The number of aromatic amines is 1. The second kappa shape index (κ2) is 6.81. The molecule has 1 heterocycles. The number of aryl methyl sites for hydroxylation is 1.